The van der Waals surface area contributed by atoms with E-state index in [2.05, 4.69) is 29.6 Å². The molecule has 4 aromatic rings. The Hall–Kier alpha value is -2.65. The minimum atomic E-state index is -0.639. The lowest BCUT2D eigenvalue weighted by Gasteiger charge is -2.37. The van der Waals surface area contributed by atoms with Crippen molar-refractivity contribution in [2.45, 2.75) is 49.2 Å². The number of carbonyl (C=O) groups is 1. The van der Waals surface area contributed by atoms with E-state index in [4.69, 9.17) is 16.3 Å². The van der Waals surface area contributed by atoms with Crippen LogP contribution in [0, 0.1) is 11.6 Å². The Kier molecular flexibility index (Phi) is 9.00. The van der Waals surface area contributed by atoms with Crippen LogP contribution in [0.15, 0.2) is 59.5 Å². The standard InChI is InChI=1S/C31H31ClF2N2O2S2/c1-35-21-8-10-22(11-9-21)36(31(37)30-28(32)27-24(33)12-13-25(34)29(27)40-30)17-20-15-19(7-14-26(20)38-2)18-5-4-6-23(16-18)39-3/h4-7,12-16,21-22,35H,8-11,17H2,1-3H3. The molecule has 0 aliphatic heterocycles. The van der Waals surface area contributed by atoms with Crippen LogP contribution in [-0.2, 0) is 6.54 Å². The lowest BCUT2D eigenvalue weighted by atomic mass is 9.89. The molecular formula is C31H31ClF2N2O2S2. The third kappa shape index (κ3) is 5.73. The third-order valence-electron chi connectivity index (χ3n) is 7.71. The number of halogens is 3. The molecule has 1 aliphatic carbocycles. The second-order valence-electron chi connectivity index (χ2n) is 9.96. The number of hydrogen-bond donors (Lipinski definition) is 1. The number of thiophene rings is 1. The maximum atomic E-state index is 14.7. The molecule has 0 radical (unpaired) electrons. The predicted octanol–water partition coefficient (Wildman–Crippen LogP) is 8.40. The van der Waals surface area contributed by atoms with E-state index < -0.39 is 11.6 Å². The topological polar surface area (TPSA) is 41.6 Å². The summed E-state index contributed by atoms with van der Waals surface area (Å²) in [6, 6.07) is 16.8. The summed E-state index contributed by atoms with van der Waals surface area (Å²) in [4.78, 5) is 17.3. The van der Waals surface area contributed by atoms with Gasteiger partial charge in [0, 0.05) is 29.1 Å². The van der Waals surface area contributed by atoms with E-state index in [1.165, 1.54) is 0 Å². The van der Waals surface area contributed by atoms with Crippen molar-refractivity contribution in [2.24, 2.45) is 0 Å². The summed E-state index contributed by atoms with van der Waals surface area (Å²) >= 11 is 9.16. The minimum absolute atomic E-state index is 0.0366. The van der Waals surface area contributed by atoms with Crippen LogP contribution in [0.25, 0.3) is 21.2 Å². The highest BCUT2D eigenvalue weighted by molar-refractivity contribution is 7.98. The van der Waals surface area contributed by atoms with E-state index in [9.17, 15) is 13.6 Å². The second kappa shape index (κ2) is 12.5. The van der Waals surface area contributed by atoms with Gasteiger partial charge in [0.15, 0.2) is 0 Å². The molecule has 1 amide bonds. The molecule has 0 saturated heterocycles. The number of hydrogen-bond acceptors (Lipinski definition) is 5. The SMILES string of the molecule is CNC1CCC(N(Cc2cc(-c3cccc(SC)c3)ccc2OC)C(=O)c2sc3c(F)ccc(F)c3c2Cl)CC1. The van der Waals surface area contributed by atoms with Gasteiger partial charge >= 0.3 is 0 Å². The van der Waals surface area contributed by atoms with Gasteiger partial charge in [-0.3, -0.25) is 4.79 Å². The average molecular weight is 601 g/mol. The summed E-state index contributed by atoms with van der Waals surface area (Å²) in [6.45, 7) is 0.280. The number of methoxy groups -OCH3 is 1. The smallest absolute Gasteiger partial charge is 0.266 e. The number of thioether (sulfide) groups is 1. The van der Waals surface area contributed by atoms with E-state index in [1.807, 2.05) is 36.4 Å². The largest absolute Gasteiger partial charge is 0.496 e. The molecule has 3 aromatic carbocycles. The summed E-state index contributed by atoms with van der Waals surface area (Å²) < 4.78 is 35.0. The summed E-state index contributed by atoms with van der Waals surface area (Å²) in [5.74, 6) is -0.884. The summed E-state index contributed by atoms with van der Waals surface area (Å²) in [6.07, 6.45) is 5.50. The van der Waals surface area contributed by atoms with E-state index >= 15 is 0 Å². The van der Waals surface area contributed by atoms with Crippen LogP contribution in [-0.4, -0.2) is 43.3 Å². The van der Waals surface area contributed by atoms with Crippen molar-refractivity contribution in [3.63, 3.8) is 0 Å². The molecule has 1 fully saturated rings. The van der Waals surface area contributed by atoms with E-state index in [1.54, 1.807) is 18.9 Å². The predicted molar refractivity (Wildman–Crippen MR) is 162 cm³/mol. The van der Waals surface area contributed by atoms with Gasteiger partial charge in [-0.1, -0.05) is 29.8 Å². The Morgan fingerprint density at radius 2 is 1.80 bits per heavy atom. The summed E-state index contributed by atoms with van der Waals surface area (Å²) in [7, 11) is 3.57. The molecule has 40 heavy (non-hydrogen) atoms. The van der Waals surface area contributed by atoms with E-state index in [0.29, 0.717) is 11.8 Å². The van der Waals surface area contributed by atoms with Crippen molar-refractivity contribution in [1.29, 1.82) is 0 Å². The highest BCUT2D eigenvalue weighted by Gasteiger charge is 2.33. The lowest BCUT2D eigenvalue weighted by molar-refractivity contribution is 0.0604. The fraction of sp³-hybridized carbons (Fsp3) is 0.323. The van der Waals surface area contributed by atoms with Gasteiger partial charge in [-0.2, -0.15) is 0 Å². The Bertz CT molecular complexity index is 1540. The van der Waals surface area contributed by atoms with Crippen LogP contribution in [0.5, 0.6) is 5.75 Å². The van der Waals surface area contributed by atoms with Crippen molar-refractivity contribution in [2.75, 3.05) is 20.4 Å². The number of benzene rings is 3. The first-order valence-electron chi connectivity index (χ1n) is 13.2. The maximum absolute atomic E-state index is 14.7. The monoisotopic (exact) mass is 600 g/mol. The number of amides is 1. The summed E-state index contributed by atoms with van der Waals surface area (Å²) in [5.41, 5.74) is 2.94. The number of fused-ring (bicyclic) bond motifs is 1. The highest BCUT2D eigenvalue weighted by atomic mass is 35.5. The number of carbonyl (C=O) groups excluding carboxylic acids is 1. The first-order valence-corrected chi connectivity index (χ1v) is 15.6. The Morgan fingerprint density at radius 3 is 2.48 bits per heavy atom. The third-order valence-corrected chi connectivity index (χ3v) is 10.1. The van der Waals surface area contributed by atoms with Gasteiger partial charge in [-0.05, 0) is 86.5 Å². The van der Waals surface area contributed by atoms with Gasteiger partial charge in [0.1, 0.15) is 22.3 Å². The van der Waals surface area contributed by atoms with Gasteiger partial charge in [0.25, 0.3) is 5.91 Å². The van der Waals surface area contributed by atoms with E-state index in [-0.39, 0.29) is 38.5 Å². The molecule has 1 aromatic heterocycles. The Labute approximate surface area is 246 Å². The molecule has 5 rings (SSSR count). The zero-order chi connectivity index (χ0) is 28.4. The first kappa shape index (κ1) is 28.9. The normalized spacial score (nSPS) is 17.2. The zero-order valence-corrected chi connectivity index (χ0v) is 25.0. The Morgan fingerprint density at radius 1 is 1.07 bits per heavy atom. The minimum Gasteiger partial charge on any atom is -0.496 e. The maximum Gasteiger partial charge on any atom is 0.266 e. The molecule has 0 unspecified atom stereocenters. The van der Waals surface area contributed by atoms with Crippen molar-refractivity contribution < 1.29 is 18.3 Å². The molecule has 1 aliphatic rings. The molecule has 4 nitrogen and oxygen atoms in total. The zero-order valence-electron chi connectivity index (χ0n) is 22.6. The van der Waals surface area contributed by atoms with Crippen molar-refractivity contribution in [3.8, 4) is 16.9 Å². The molecule has 1 N–H and O–H groups in total. The van der Waals surface area contributed by atoms with Crippen LogP contribution >= 0.6 is 34.7 Å². The number of rotatable bonds is 8. The fourth-order valence-corrected chi connectivity index (χ4v) is 7.44. The van der Waals surface area contributed by atoms with Gasteiger partial charge in [0.05, 0.1) is 22.2 Å². The van der Waals surface area contributed by atoms with Gasteiger partial charge in [0.2, 0.25) is 0 Å². The fourth-order valence-electron chi connectivity index (χ4n) is 5.48. The molecule has 1 heterocycles. The van der Waals surface area contributed by atoms with Crippen LogP contribution < -0.4 is 10.1 Å². The molecular weight excluding hydrogens is 570 g/mol. The number of ether oxygens (including phenoxy) is 1. The van der Waals surface area contributed by atoms with Crippen LogP contribution in [0.3, 0.4) is 0 Å². The van der Waals surface area contributed by atoms with E-state index in [0.717, 1.165) is 70.7 Å². The first-order chi connectivity index (χ1) is 19.3. The van der Waals surface area contributed by atoms with Crippen LogP contribution in [0.1, 0.15) is 40.9 Å². The molecule has 0 atom stereocenters. The second-order valence-corrected chi connectivity index (χ2v) is 12.2. The Balaban J connectivity index is 1.56. The van der Waals surface area contributed by atoms with Crippen LogP contribution in [0.4, 0.5) is 8.78 Å². The average Bonchev–Trinajstić information content (AvgIpc) is 3.35. The molecule has 0 spiro atoms. The summed E-state index contributed by atoms with van der Waals surface area (Å²) in [5, 5.41) is 3.26. The van der Waals surface area contributed by atoms with Gasteiger partial charge in [-0.15, -0.1) is 23.1 Å². The highest BCUT2D eigenvalue weighted by Crippen LogP contribution is 2.40. The molecule has 0 bridgehead atoms. The van der Waals surface area contributed by atoms with Crippen molar-refractivity contribution in [1.82, 2.24) is 10.2 Å². The van der Waals surface area contributed by atoms with Gasteiger partial charge < -0.3 is 15.0 Å². The number of nitrogens with zero attached hydrogens (tertiary/aromatic N) is 1. The van der Waals surface area contributed by atoms with Crippen molar-refractivity contribution in [3.05, 3.63) is 81.7 Å². The van der Waals surface area contributed by atoms with Gasteiger partial charge in [-0.25, -0.2) is 8.78 Å². The number of nitrogens with one attached hydrogen (secondary N) is 1. The van der Waals surface area contributed by atoms with Crippen LogP contribution in [0.2, 0.25) is 5.02 Å². The molecule has 210 valence electrons. The van der Waals surface area contributed by atoms with Crippen molar-refractivity contribution >= 4 is 50.7 Å². The molecule has 9 heteroatoms. The molecule has 1 saturated carbocycles. The lowest BCUT2D eigenvalue weighted by Crippen LogP contribution is -2.44. The quantitative estimate of drug-likeness (QED) is 0.206.